The van der Waals surface area contributed by atoms with Crippen LogP contribution in [0.4, 0.5) is 0 Å². The number of carbonyl (C=O) groups is 4. The van der Waals surface area contributed by atoms with Crippen LogP contribution < -0.4 is 10.6 Å². The third-order valence-electron chi connectivity index (χ3n) is 3.77. The van der Waals surface area contributed by atoms with E-state index in [-0.39, 0.29) is 46.0 Å². The lowest BCUT2D eigenvalue weighted by Gasteiger charge is -2.07. The number of hydrogen-bond acceptors (Lipinski definition) is 6. The summed E-state index contributed by atoms with van der Waals surface area (Å²) < 4.78 is 9.06. The third kappa shape index (κ3) is 23.8. The molecule has 0 rings (SSSR count). The molecule has 2 amide bonds. The molecule has 0 atom stereocenters. The highest BCUT2D eigenvalue weighted by Crippen LogP contribution is 2.02. The van der Waals surface area contributed by atoms with E-state index in [1.165, 1.54) is 14.2 Å². The largest absolute Gasteiger partial charge is 0.469 e. The van der Waals surface area contributed by atoms with Crippen molar-refractivity contribution in [2.45, 2.75) is 86.5 Å². The van der Waals surface area contributed by atoms with Crippen molar-refractivity contribution < 1.29 is 28.7 Å². The van der Waals surface area contributed by atoms with Crippen molar-refractivity contribution in [1.82, 2.24) is 10.6 Å². The number of hydrogen-bond donors (Lipinski definition) is 2. The summed E-state index contributed by atoms with van der Waals surface area (Å²) in [6, 6.07) is 0. The van der Waals surface area contributed by atoms with Crippen LogP contribution in [-0.2, 0) is 28.7 Å². The summed E-state index contributed by atoms with van der Waals surface area (Å²) in [4.78, 5) is 45.0. The Morgan fingerprint density at radius 3 is 1.17 bits per heavy atom. The molecule has 0 unspecified atom stereocenters. The first-order valence-corrected chi connectivity index (χ1v) is 9.16. The van der Waals surface area contributed by atoms with Gasteiger partial charge >= 0.3 is 11.9 Å². The van der Waals surface area contributed by atoms with Crippen LogP contribution in [0.2, 0.25) is 0 Å². The van der Waals surface area contributed by atoms with Crippen LogP contribution in [0.5, 0.6) is 0 Å². The number of carbonyl (C=O) groups excluding carboxylic acids is 4. The normalized spacial score (nSPS) is 9.03. The van der Waals surface area contributed by atoms with Crippen LogP contribution in [0.1, 0.15) is 86.5 Å². The van der Waals surface area contributed by atoms with Crippen molar-refractivity contribution in [3.63, 3.8) is 0 Å². The van der Waals surface area contributed by atoms with E-state index in [4.69, 9.17) is 0 Å². The lowest BCUT2D eigenvalue weighted by atomic mass is 10.2. The van der Waals surface area contributed by atoms with Gasteiger partial charge in [-0.05, 0) is 38.5 Å². The predicted octanol–water partition coefficient (Wildman–Crippen LogP) is 3.37. The number of methoxy groups -OCH3 is 2. The van der Waals surface area contributed by atoms with E-state index in [1.807, 2.05) is 0 Å². The highest BCUT2D eigenvalue weighted by atomic mass is 16.5. The molecular weight excluding hydrogens is 376 g/mol. The molecule has 0 aliphatic heterocycles. The Balaban J connectivity index is -0.00000104. The SMILES string of the molecule is C.C.C.COC(=O)CCCCC(=O)NCCCCNC(=O)CCCCC(=O)OC. The van der Waals surface area contributed by atoms with Gasteiger partial charge in [0.2, 0.25) is 11.8 Å². The molecule has 0 radical (unpaired) electrons. The van der Waals surface area contributed by atoms with Gasteiger partial charge in [-0.2, -0.15) is 0 Å². The molecule has 0 spiro atoms. The minimum atomic E-state index is -0.254. The van der Waals surface area contributed by atoms with Gasteiger partial charge in [-0.25, -0.2) is 0 Å². The van der Waals surface area contributed by atoms with Gasteiger partial charge in [0.15, 0.2) is 0 Å². The lowest BCUT2D eigenvalue weighted by molar-refractivity contribution is -0.141. The summed E-state index contributed by atoms with van der Waals surface area (Å²) in [5, 5.41) is 5.64. The second kappa shape index (κ2) is 23.9. The van der Waals surface area contributed by atoms with Crippen LogP contribution in [0.15, 0.2) is 0 Å². The molecule has 8 nitrogen and oxygen atoms in total. The third-order valence-corrected chi connectivity index (χ3v) is 3.77. The zero-order valence-corrected chi connectivity index (χ0v) is 15.9. The zero-order valence-electron chi connectivity index (χ0n) is 15.9. The number of unbranched alkanes of at least 4 members (excludes halogenated alkanes) is 3. The molecule has 29 heavy (non-hydrogen) atoms. The minimum absolute atomic E-state index is 0. The van der Waals surface area contributed by atoms with Crippen molar-refractivity contribution >= 4 is 23.8 Å². The number of amides is 2. The first-order chi connectivity index (χ1) is 12.5. The molecule has 0 saturated carbocycles. The number of esters is 2. The molecule has 0 aromatic rings. The maximum Gasteiger partial charge on any atom is 0.305 e. The highest BCUT2D eigenvalue weighted by Gasteiger charge is 2.05. The average molecular weight is 421 g/mol. The molecule has 0 bridgehead atoms. The van der Waals surface area contributed by atoms with Crippen LogP contribution in [0.25, 0.3) is 0 Å². The Morgan fingerprint density at radius 1 is 0.552 bits per heavy atom. The van der Waals surface area contributed by atoms with Gasteiger partial charge in [-0.15, -0.1) is 0 Å². The molecule has 0 aromatic carbocycles. The molecule has 0 aliphatic rings. The molecule has 174 valence electrons. The van der Waals surface area contributed by atoms with E-state index in [0.717, 1.165) is 12.8 Å². The van der Waals surface area contributed by atoms with Gasteiger partial charge in [0.1, 0.15) is 0 Å². The summed E-state index contributed by atoms with van der Waals surface area (Å²) in [5.41, 5.74) is 0. The fourth-order valence-electron chi connectivity index (χ4n) is 2.20. The minimum Gasteiger partial charge on any atom is -0.469 e. The summed E-state index contributed by atoms with van der Waals surface area (Å²) in [7, 11) is 2.70. The Labute approximate surface area is 177 Å². The van der Waals surface area contributed by atoms with Gasteiger partial charge in [0, 0.05) is 38.8 Å². The Kier molecular flexibility index (Phi) is 28.4. The van der Waals surface area contributed by atoms with E-state index in [0.29, 0.717) is 64.5 Å². The number of nitrogens with one attached hydrogen (secondary N) is 2. The Bertz CT molecular complexity index is 401. The maximum atomic E-state index is 11.6. The van der Waals surface area contributed by atoms with Crippen molar-refractivity contribution in [3.8, 4) is 0 Å². The number of ether oxygens (including phenoxy) is 2. The summed E-state index contributed by atoms with van der Waals surface area (Å²) >= 11 is 0. The van der Waals surface area contributed by atoms with Gasteiger partial charge < -0.3 is 20.1 Å². The van der Waals surface area contributed by atoms with E-state index >= 15 is 0 Å². The van der Waals surface area contributed by atoms with Crippen molar-refractivity contribution in [3.05, 3.63) is 0 Å². The van der Waals surface area contributed by atoms with Gasteiger partial charge in [-0.3, -0.25) is 19.2 Å². The molecule has 8 heteroatoms. The molecule has 0 saturated heterocycles. The quantitative estimate of drug-likeness (QED) is 0.310. The smallest absolute Gasteiger partial charge is 0.305 e. The highest BCUT2D eigenvalue weighted by molar-refractivity contribution is 5.76. The molecule has 0 aromatic heterocycles. The zero-order chi connectivity index (χ0) is 19.6. The fourth-order valence-corrected chi connectivity index (χ4v) is 2.20. The van der Waals surface area contributed by atoms with Gasteiger partial charge in [-0.1, -0.05) is 22.3 Å². The summed E-state index contributed by atoms with van der Waals surface area (Å²) in [6.45, 7) is 1.15. The molecule has 0 fully saturated rings. The van der Waals surface area contributed by atoms with Crippen LogP contribution in [-0.4, -0.2) is 51.1 Å². The van der Waals surface area contributed by atoms with Gasteiger partial charge in [0.25, 0.3) is 0 Å². The standard InChI is InChI=1S/C18H32N2O6.3CH4/c1-25-17(23)11-5-3-9-15(21)19-13-7-8-14-20-16(22)10-4-6-12-18(24)26-2;;;/h3-14H2,1-2H3,(H,19,21)(H,20,22);3*1H4. The molecule has 0 heterocycles. The topological polar surface area (TPSA) is 111 Å². The average Bonchev–Trinajstić information content (AvgIpc) is 2.64. The Morgan fingerprint density at radius 2 is 0.862 bits per heavy atom. The van der Waals surface area contributed by atoms with E-state index < -0.39 is 0 Å². The molecular formula is C21H44N2O6. The van der Waals surface area contributed by atoms with Crippen LogP contribution >= 0.6 is 0 Å². The van der Waals surface area contributed by atoms with Crippen LogP contribution in [0, 0.1) is 0 Å². The molecule has 0 aliphatic carbocycles. The van der Waals surface area contributed by atoms with Crippen LogP contribution in [0.3, 0.4) is 0 Å². The molecule has 2 N–H and O–H groups in total. The lowest BCUT2D eigenvalue weighted by Crippen LogP contribution is -2.27. The second-order valence-electron chi connectivity index (χ2n) is 5.97. The first-order valence-electron chi connectivity index (χ1n) is 9.16. The first kappa shape index (κ1) is 34.4. The van der Waals surface area contributed by atoms with Gasteiger partial charge in [0.05, 0.1) is 14.2 Å². The van der Waals surface area contributed by atoms with E-state index in [2.05, 4.69) is 20.1 Å². The van der Waals surface area contributed by atoms with Crippen molar-refractivity contribution in [1.29, 1.82) is 0 Å². The second-order valence-corrected chi connectivity index (χ2v) is 5.97. The summed E-state index contributed by atoms with van der Waals surface area (Å²) in [6.07, 6.45) is 5.67. The summed E-state index contributed by atoms with van der Waals surface area (Å²) in [5.74, 6) is -0.555. The van der Waals surface area contributed by atoms with Crippen molar-refractivity contribution in [2.24, 2.45) is 0 Å². The van der Waals surface area contributed by atoms with E-state index in [9.17, 15) is 19.2 Å². The predicted molar refractivity (Wildman–Crippen MR) is 116 cm³/mol. The number of rotatable bonds is 15. The van der Waals surface area contributed by atoms with E-state index in [1.54, 1.807) is 0 Å². The fraction of sp³-hybridized carbons (Fsp3) is 0.810. The van der Waals surface area contributed by atoms with Crippen molar-refractivity contribution in [2.75, 3.05) is 27.3 Å². The maximum absolute atomic E-state index is 11.6. The Hall–Kier alpha value is -2.12. The monoisotopic (exact) mass is 420 g/mol.